The SMILES string of the molecule is CCc1ccc2c(c1)CCC(NCCC(=O)O)C2O. The number of fused-ring (bicyclic) bond motifs is 1. The van der Waals surface area contributed by atoms with Crippen LogP contribution >= 0.6 is 0 Å². The fourth-order valence-corrected chi connectivity index (χ4v) is 2.65. The van der Waals surface area contributed by atoms with Crippen LogP contribution in [0.1, 0.15) is 42.6 Å². The first-order chi connectivity index (χ1) is 9.11. The lowest BCUT2D eigenvalue weighted by Gasteiger charge is -2.31. The molecule has 0 saturated carbocycles. The molecule has 0 aliphatic heterocycles. The molecular formula is C15H21NO3. The van der Waals surface area contributed by atoms with Crippen molar-refractivity contribution >= 4 is 5.97 Å². The molecule has 0 heterocycles. The van der Waals surface area contributed by atoms with E-state index < -0.39 is 12.1 Å². The summed E-state index contributed by atoms with van der Waals surface area (Å²) in [5.74, 6) is -0.814. The van der Waals surface area contributed by atoms with Crippen LogP contribution in [0.4, 0.5) is 0 Å². The van der Waals surface area contributed by atoms with E-state index in [1.165, 1.54) is 11.1 Å². The van der Waals surface area contributed by atoms with Gasteiger partial charge in [-0.3, -0.25) is 4.79 Å². The smallest absolute Gasteiger partial charge is 0.304 e. The van der Waals surface area contributed by atoms with Crippen LogP contribution in [0.15, 0.2) is 18.2 Å². The van der Waals surface area contributed by atoms with Gasteiger partial charge in [-0.05, 0) is 36.0 Å². The van der Waals surface area contributed by atoms with Crippen LogP contribution in [0.25, 0.3) is 0 Å². The number of benzene rings is 1. The summed E-state index contributed by atoms with van der Waals surface area (Å²) in [6, 6.07) is 6.19. The molecule has 2 rings (SSSR count). The Morgan fingerprint density at radius 2 is 2.26 bits per heavy atom. The summed E-state index contributed by atoms with van der Waals surface area (Å²) < 4.78 is 0. The Balaban J connectivity index is 2.02. The zero-order valence-electron chi connectivity index (χ0n) is 11.2. The van der Waals surface area contributed by atoms with Crippen molar-refractivity contribution in [2.45, 2.75) is 44.8 Å². The fraction of sp³-hybridized carbons (Fsp3) is 0.533. The van der Waals surface area contributed by atoms with Crippen molar-refractivity contribution in [3.8, 4) is 0 Å². The van der Waals surface area contributed by atoms with Gasteiger partial charge in [0.05, 0.1) is 12.5 Å². The maximum absolute atomic E-state index is 10.5. The lowest BCUT2D eigenvalue weighted by atomic mass is 9.84. The summed E-state index contributed by atoms with van der Waals surface area (Å²) in [5.41, 5.74) is 3.50. The second kappa shape index (κ2) is 6.17. The number of aliphatic hydroxyl groups is 1. The topological polar surface area (TPSA) is 69.6 Å². The molecule has 1 aromatic carbocycles. The van der Waals surface area contributed by atoms with E-state index in [1.54, 1.807) is 0 Å². The highest BCUT2D eigenvalue weighted by molar-refractivity contribution is 5.66. The molecule has 2 unspecified atom stereocenters. The molecule has 4 nitrogen and oxygen atoms in total. The predicted molar refractivity (Wildman–Crippen MR) is 73.1 cm³/mol. The minimum absolute atomic E-state index is 0.0423. The Hall–Kier alpha value is -1.39. The van der Waals surface area contributed by atoms with Crippen LogP contribution in [0.3, 0.4) is 0 Å². The molecule has 104 valence electrons. The number of aliphatic hydroxyl groups excluding tert-OH is 1. The van der Waals surface area contributed by atoms with Gasteiger partial charge in [0, 0.05) is 12.6 Å². The van der Waals surface area contributed by atoms with Crippen LogP contribution in [0, 0.1) is 0 Å². The second-order valence-electron chi connectivity index (χ2n) is 5.07. The maximum atomic E-state index is 10.5. The summed E-state index contributed by atoms with van der Waals surface area (Å²) >= 11 is 0. The normalized spacial score (nSPS) is 22.0. The number of carboxylic acids is 1. The van der Waals surface area contributed by atoms with Crippen molar-refractivity contribution in [3.05, 3.63) is 34.9 Å². The van der Waals surface area contributed by atoms with E-state index in [2.05, 4.69) is 24.4 Å². The highest BCUT2D eigenvalue weighted by atomic mass is 16.4. The molecule has 0 saturated heterocycles. The molecular weight excluding hydrogens is 242 g/mol. The van der Waals surface area contributed by atoms with Gasteiger partial charge in [0.25, 0.3) is 0 Å². The van der Waals surface area contributed by atoms with Crippen molar-refractivity contribution in [1.82, 2.24) is 5.32 Å². The van der Waals surface area contributed by atoms with Gasteiger partial charge in [-0.1, -0.05) is 25.1 Å². The van der Waals surface area contributed by atoms with Crippen LogP contribution in [0.5, 0.6) is 0 Å². The summed E-state index contributed by atoms with van der Waals surface area (Å²) in [6.45, 7) is 2.52. The Kier molecular flexibility index (Phi) is 4.56. The van der Waals surface area contributed by atoms with Crippen molar-refractivity contribution in [3.63, 3.8) is 0 Å². The van der Waals surface area contributed by atoms with E-state index in [0.29, 0.717) is 6.54 Å². The molecule has 0 amide bonds. The van der Waals surface area contributed by atoms with Gasteiger partial charge in [0.2, 0.25) is 0 Å². The first-order valence-corrected chi connectivity index (χ1v) is 6.86. The molecule has 0 aromatic heterocycles. The number of hydrogen-bond donors (Lipinski definition) is 3. The third-order valence-corrected chi connectivity index (χ3v) is 3.79. The van der Waals surface area contributed by atoms with Gasteiger partial charge in [0.1, 0.15) is 0 Å². The number of hydrogen-bond acceptors (Lipinski definition) is 3. The molecule has 3 N–H and O–H groups in total. The van der Waals surface area contributed by atoms with Crippen molar-refractivity contribution in [1.29, 1.82) is 0 Å². The van der Waals surface area contributed by atoms with E-state index in [0.717, 1.165) is 24.8 Å². The average molecular weight is 263 g/mol. The molecule has 19 heavy (non-hydrogen) atoms. The summed E-state index contributed by atoms with van der Waals surface area (Å²) in [7, 11) is 0. The van der Waals surface area contributed by atoms with Gasteiger partial charge in [-0.25, -0.2) is 0 Å². The Morgan fingerprint density at radius 1 is 1.47 bits per heavy atom. The van der Waals surface area contributed by atoms with Crippen LogP contribution < -0.4 is 5.32 Å². The maximum Gasteiger partial charge on any atom is 0.304 e. The summed E-state index contributed by atoms with van der Waals surface area (Å²) in [5, 5.41) is 22.1. The quantitative estimate of drug-likeness (QED) is 0.755. The fourth-order valence-electron chi connectivity index (χ4n) is 2.65. The van der Waals surface area contributed by atoms with Crippen LogP contribution in [-0.4, -0.2) is 28.8 Å². The highest BCUT2D eigenvalue weighted by Crippen LogP contribution is 2.30. The summed E-state index contributed by atoms with van der Waals surface area (Å²) in [4.78, 5) is 10.5. The van der Waals surface area contributed by atoms with E-state index in [4.69, 9.17) is 5.11 Å². The first-order valence-electron chi connectivity index (χ1n) is 6.86. The van der Waals surface area contributed by atoms with Gasteiger partial charge >= 0.3 is 5.97 Å². The van der Waals surface area contributed by atoms with E-state index in [9.17, 15) is 9.90 Å². The molecule has 1 aromatic rings. The molecule has 0 bridgehead atoms. The number of carbonyl (C=O) groups is 1. The van der Waals surface area contributed by atoms with E-state index in [1.807, 2.05) is 6.07 Å². The molecule has 2 atom stereocenters. The van der Waals surface area contributed by atoms with E-state index in [-0.39, 0.29) is 12.5 Å². The van der Waals surface area contributed by atoms with Crippen molar-refractivity contribution < 1.29 is 15.0 Å². The number of rotatable bonds is 5. The van der Waals surface area contributed by atoms with Gasteiger partial charge < -0.3 is 15.5 Å². The minimum atomic E-state index is -0.814. The van der Waals surface area contributed by atoms with Gasteiger partial charge in [-0.15, -0.1) is 0 Å². The Morgan fingerprint density at radius 3 is 2.95 bits per heavy atom. The third kappa shape index (κ3) is 3.33. The predicted octanol–water partition coefficient (Wildman–Crippen LogP) is 1.66. The monoisotopic (exact) mass is 263 g/mol. The second-order valence-corrected chi connectivity index (χ2v) is 5.07. The zero-order chi connectivity index (χ0) is 13.8. The highest BCUT2D eigenvalue weighted by Gasteiger charge is 2.27. The number of aryl methyl sites for hydroxylation is 2. The molecule has 1 aliphatic carbocycles. The molecule has 0 radical (unpaired) electrons. The van der Waals surface area contributed by atoms with Gasteiger partial charge in [-0.2, -0.15) is 0 Å². The molecule has 1 aliphatic rings. The lowest BCUT2D eigenvalue weighted by molar-refractivity contribution is -0.136. The molecule has 0 fully saturated rings. The number of carboxylic acid groups (broad SMARTS) is 1. The van der Waals surface area contributed by atoms with Crippen molar-refractivity contribution in [2.24, 2.45) is 0 Å². The largest absolute Gasteiger partial charge is 0.481 e. The van der Waals surface area contributed by atoms with Crippen molar-refractivity contribution in [2.75, 3.05) is 6.54 Å². The summed E-state index contributed by atoms with van der Waals surface area (Å²) in [6.07, 6.45) is 2.34. The van der Waals surface area contributed by atoms with Crippen LogP contribution in [-0.2, 0) is 17.6 Å². The Bertz CT molecular complexity index is 459. The van der Waals surface area contributed by atoms with Gasteiger partial charge in [0.15, 0.2) is 0 Å². The molecule has 4 heteroatoms. The zero-order valence-corrected chi connectivity index (χ0v) is 11.2. The van der Waals surface area contributed by atoms with E-state index >= 15 is 0 Å². The average Bonchev–Trinajstić information content (AvgIpc) is 2.40. The Labute approximate surface area is 113 Å². The minimum Gasteiger partial charge on any atom is -0.481 e. The standard InChI is InChI=1S/C15H21NO3/c1-2-10-3-5-12-11(9-10)4-6-13(15(12)19)16-8-7-14(17)18/h3,5,9,13,15-16,19H,2,4,6-8H2,1H3,(H,17,18). The number of nitrogens with one attached hydrogen (secondary N) is 1. The molecule has 0 spiro atoms. The first kappa shape index (κ1) is 14.0. The lowest BCUT2D eigenvalue weighted by Crippen LogP contribution is -2.39. The van der Waals surface area contributed by atoms with Crippen LogP contribution in [0.2, 0.25) is 0 Å². The number of aliphatic carboxylic acids is 1. The third-order valence-electron chi connectivity index (χ3n) is 3.79.